The largest absolute Gasteiger partial charge is 0.285 e. The van der Waals surface area contributed by atoms with Gasteiger partial charge in [0.15, 0.2) is 0 Å². The van der Waals surface area contributed by atoms with Crippen LogP contribution in [0.3, 0.4) is 0 Å². The Labute approximate surface area is 121 Å². The van der Waals surface area contributed by atoms with E-state index >= 15 is 0 Å². The van der Waals surface area contributed by atoms with Crippen molar-refractivity contribution in [1.82, 2.24) is 4.90 Å². The number of nitrogens with zero attached hydrogens (tertiary/aromatic N) is 1. The third-order valence-electron chi connectivity index (χ3n) is 5.49. The van der Waals surface area contributed by atoms with E-state index in [4.69, 9.17) is 0 Å². The topological polar surface area (TPSA) is 37.4 Å². The number of rotatable bonds is 2. The Balaban J connectivity index is 1.59. The minimum absolute atomic E-state index is 0.0215. The van der Waals surface area contributed by atoms with Gasteiger partial charge in [-0.2, -0.15) is 0 Å². The van der Waals surface area contributed by atoms with Gasteiger partial charge in [0.2, 0.25) is 11.8 Å². The Bertz CT molecular complexity index is 423. The van der Waals surface area contributed by atoms with Crippen molar-refractivity contribution in [3.63, 3.8) is 0 Å². The van der Waals surface area contributed by atoms with E-state index in [2.05, 4.69) is 12.2 Å². The lowest BCUT2D eigenvalue weighted by Crippen LogP contribution is -2.26. The summed E-state index contributed by atoms with van der Waals surface area (Å²) in [6.07, 6.45) is 14.4. The average molecular weight is 275 g/mol. The van der Waals surface area contributed by atoms with Crippen molar-refractivity contribution >= 4 is 11.8 Å². The Morgan fingerprint density at radius 1 is 0.850 bits per heavy atom. The first-order chi connectivity index (χ1) is 9.66. The molecule has 0 spiro atoms. The van der Waals surface area contributed by atoms with Crippen molar-refractivity contribution in [1.29, 1.82) is 0 Å². The molecule has 3 rings (SSSR count). The molecule has 1 heterocycles. The summed E-state index contributed by atoms with van der Waals surface area (Å²) >= 11 is 0. The van der Waals surface area contributed by atoms with Crippen LogP contribution < -0.4 is 0 Å². The molecule has 3 aliphatic rings. The molecule has 3 fully saturated rings. The predicted molar refractivity (Wildman–Crippen MR) is 77.8 cm³/mol. The Kier molecular flexibility index (Phi) is 3.95. The second-order valence-electron chi connectivity index (χ2n) is 6.80. The monoisotopic (exact) mass is 275 g/mol. The zero-order valence-corrected chi connectivity index (χ0v) is 12.4. The van der Waals surface area contributed by atoms with E-state index in [0.29, 0.717) is 5.92 Å². The summed E-state index contributed by atoms with van der Waals surface area (Å²) in [6, 6.07) is 0. The molecule has 1 saturated heterocycles. The van der Waals surface area contributed by atoms with E-state index in [0.717, 1.165) is 25.2 Å². The van der Waals surface area contributed by atoms with Crippen LogP contribution in [0.1, 0.15) is 51.4 Å². The fourth-order valence-electron chi connectivity index (χ4n) is 4.19. The van der Waals surface area contributed by atoms with Crippen LogP contribution in [0.15, 0.2) is 12.2 Å². The van der Waals surface area contributed by atoms with Crippen molar-refractivity contribution in [3.8, 4) is 0 Å². The third kappa shape index (κ3) is 2.55. The molecule has 0 aromatic rings. The molecule has 3 atom stereocenters. The van der Waals surface area contributed by atoms with Gasteiger partial charge >= 0.3 is 0 Å². The Morgan fingerprint density at radius 3 is 2.25 bits per heavy atom. The molecular weight excluding hydrogens is 250 g/mol. The highest BCUT2D eigenvalue weighted by Gasteiger charge is 2.48. The van der Waals surface area contributed by atoms with Crippen LogP contribution in [0.5, 0.6) is 0 Å². The molecular formula is C17H25NO2. The predicted octanol–water partition coefficient (Wildman–Crippen LogP) is 3.15. The highest BCUT2D eigenvalue weighted by Crippen LogP contribution is 2.41. The minimum atomic E-state index is -0.0396. The molecule has 0 bridgehead atoms. The molecule has 1 aliphatic heterocycles. The maximum Gasteiger partial charge on any atom is 0.232 e. The summed E-state index contributed by atoms with van der Waals surface area (Å²) in [6.45, 7) is 0. The maximum absolute atomic E-state index is 12.1. The second-order valence-corrected chi connectivity index (χ2v) is 6.80. The van der Waals surface area contributed by atoms with Crippen LogP contribution in [0.4, 0.5) is 0 Å². The van der Waals surface area contributed by atoms with Gasteiger partial charge in [0, 0.05) is 7.05 Å². The highest BCUT2D eigenvalue weighted by molar-refractivity contribution is 6.04. The van der Waals surface area contributed by atoms with Gasteiger partial charge in [0.25, 0.3) is 0 Å². The molecule has 3 nitrogen and oxygen atoms in total. The first-order valence-electron chi connectivity index (χ1n) is 8.16. The zero-order valence-electron chi connectivity index (χ0n) is 12.4. The van der Waals surface area contributed by atoms with Gasteiger partial charge in [0.1, 0.15) is 0 Å². The van der Waals surface area contributed by atoms with Gasteiger partial charge in [-0.1, -0.05) is 31.4 Å². The molecule has 2 saturated carbocycles. The van der Waals surface area contributed by atoms with E-state index in [-0.39, 0.29) is 23.7 Å². The van der Waals surface area contributed by atoms with Crippen molar-refractivity contribution in [2.24, 2.45) is 23.7 Å². The number of carbonyl (C=O) groups is 2. The summed E-state index contributed by atoms with van der Waals surface area (Å²) in [5.41, 5.74) is 0. The maximum atomic E-state index is 12.1. The van der Waals surface area contributed by atoms with E-state index in [1.54, 1.807) is 7.05 Å². The first-order valence-corrected chi connectivity index (χ1v) is 8.16. The second kappa shape index (κ2) is 5.71. The van der Waals surface area contributed by atoms with Gasteiger partial charge in [-0.3, -0.25) is 14.5 Å². The number of imide groups is 1. The molecule has 110 valence electrons. The van der Waals surface area contributed by atoms with Crippen LogP contribution in [0, 0.1) is 23.7 Å². The van der Waals surface area contributed by atoms with Crippen molar-refractivity contribution in [3.05, 3.63) is 12.2 Å². The number of allylic oxidation sites excluding steroid dienone is 2. The van der Waals surface area contributed by atoms with Crippen molar-refractivity contribution < 1.29 is 9.59 Å². The third-order valence-corrected chi connectivity index (χ3v) is 5.49. The zero-order chi connectivity index (χ0) is 14.1. The number of hydrogen-bond acceptors (Lipinski definition) is 2. The van der Waals surface area contributed by atoms with Gasteiger partial charge in [0.05, 0.1) is 11.8 Å². The summed E-state index contributed by atoms with van der Waals surface area (Å²) in [5.74, 6) is 1.30. The lowest BCUT2D eigenvalue weighted by molar-refractivity contribution is -0.138. The average Bonchev–Trinajstić information content (AvgIpc) is 2.71. The molecule has 0 radical (unpaired) electrons. The van der Waals surface area contributed by atoms with Crippen LogP contribution in [0.25, 0.3) is 0 Å². The summed E-state index contributed by atoms with van der Waals surface area (Å²) in [5, 5.41) is 0. The van der Waals surface area contributed by atoms with Gasteiger partial charge < -0.3 is 0 Å². The Morgan fingerprint density at radius 2 is 1.50 bits per heavy atom. The van der Waals surface area contributed by atoms with Crippen molar-refractivity contribution in [2.45, 2.75) is 51.4 Å². The normalized spacial score (nSPS) is 35.9. The quantitative estimate of drug-likeness (QED) is 0.573. The number of amides is 2. The van der Waals surface area contributed by atoms with Crippen LogP contribution in [-0.4, -0.2) is 23.8 Å². The van der Waals surface area contributed by atoms with E-state index in [1.165, 1.54) is 37.0 Å². The van der Waals surface area contributed by atoms with E-state index in [9.17, 15) is 9.59 Å². The minimum Gasteiger partial charge on any atom is -0.285 e. The standard InChI is InChI=1S/C17H25NO2/c1-18-16(19)14-10-9-13(11-15(14)17(18)20)8-7-12-5-3-2-4-6-12/h7-8,12-15H,2-6,9-11H2,1H3/b8-7-. The van der Waals surface area contributed by atoms with Gasteiger partial charge in [-0.15, -0.1) is 0 Å². The molecule has 0 N–H and O–H groups in total. The SMILES string of the molecule is CN1C(=O)C2CCC(/C=C\C3CCCCC3)CC2C1=O. The van der Waals surface area contributed by atoms with Gasteiger partial charge in [-0.05, 0) is 43.9 Å². The molecule has 2 aliphatic carbocycles. The fraction of sp³-hybridized carbons (Fsp3) is 0.765. The van der Waals surface area contributed by atoms with Crippen LogP contribution >= 0.6 is 0 Å². The molecule has 0 aromatic carbocycles. The number of hydrogen-bond donors (Lipinski definition) is 0. The number of carbonyl (C=O) groups excluding carboxylic acids is 2. The lowest BCUT2D eigenvalue weighted by atomic mass is 9.75. The molecule has 2 amide bonds. The molecule has 3 heteroatoms. The Hall–Kier alpha value is -1.12. The first kappa shape index (κ1) is 13.8. The van der Waals surface area contributed by atoms with Crippen molar-refractivity contribution in [2.75, 3.05) is 7.05 Å². The highest BCUT2D eigenvalue weighted by atomic mass is 16.2. The molecule has 20 heavy (non-hydrogen) atoms. The summed E-state index contributed by atoms with van der Waals surface area (Å²) < 4.78 is 0. The van der Waals surface area contributed by atoms with Gasteiger partial charge in [-0.25, -0.2) is 0 Å². The van der Waals surface area contributed by atoms with Crippen LogP contribution in [0.2, 0.25) is 0 Å². The molecule has 0 aromatic heterocycles. The summed E-state index contributed by atoms with van der Waals surface area (Å²) in [4.78, 5) is 25.4. The summed E-state index contributed by atoms with van der Waals surface area (Å²) in [7, 11) is 1.63. The molecule has 3 unspecified atom stereocenters. The number of fused-ring (bicyclic) bond motifs is 1. The van der Waals surface area contributed by atoms with E-state index < -0.39 is 0 Å². The number of likely N-dealkylation sites (tertiary alicyclic amines) is 1. The fourth-order valence-corrected chi connectivity index (χ4v) is 4.19. The smallest absolute Gasteiger partial charge is 0.232 e. The van der Waals surface area contributed by atoms with E-state index in [1.807, 2.05) is 0 Å². The lowest BCUT2D eigenvalue weighted by Gasteiger charge is -2.27. The van der Waals surface area contributed by atoms with Crippen LogP contribution in [-0.2, 0) is 9.59 Å².